The van der Waals surface area contributed by atoms with Gasteiger partial charge < -0.3 is 5.32 Å². The maximum absolute atomic E-state index is 12.7. The average Bonchev–Trinajstić information content (AvgIpc) is 3.24. The van der Waals surface area contributed by atoms with Crippen LogP contribution in [0.15, 0.2) is 59.5 Å². The molecule has 1 amide bonds. The zero-order valence-corrected chi connectivity index (χ0v) is 17.1. The fourth-order valence-electron chi connectivity index (χ4n) is 2.81. The third-order valence-corrected chi connectivity index (χ3v) is 6.25. The van der Waals surface area contributed by atoms with Gasteiger partial charge in [-0.05, 0) is 61.7 Å². The van der Waals surface area contributed by atoms with Crippen LogP contribution in [0.25, 0.3) is 15.9 Å². The van der Waals surface area contributed by atoms with Crippen LogP contribution in [0.3, 0.4) is 0 Å². The molecule has 4 nitrogen and oxygen atoms in total. The van der Waals surface area contributed by atoms with Crippen LogP contribution < -0.4 is 5.32 Å². The fourth-order valence-corrected chi connectivity index (χ4v) is 4.47. The number of benzene rings is 2. The second kappa shape index (κ2) is 7.38. The number of halogens is 1. The Balaban J connectivity index is 1.68. The summed E-state index contributed by atoms with van der Waals surface area (Å²) in [5.41, 5.74) is 2.60. The van der Waals surface area contributed by atoms with Crippen LogP contribution in [0.5, 0.6) is 0 Å². The first kappa shape index (κ1) is 18.1. The lowest BCUT2D eigenvalue weighted by Gasteiger charge is -2.05. The van der Waals surface area contributed by atoms with E-state index >= 15 is 0 Å². The van der Waals surface area contributed by atoms with Crippen molar-refractivity contribution in [2.75, 3.05) is 11.6 Å². The predicted molar refractivity (Wildman–Crippen MR) is 115 cm³/mol. The van der Waals surface area contributed by atoms with E-state index in [0.717, 1.165) is 32.2 Å². The van der Waals surface area contributed by atoms with E-state index in [1.807, 2.05) is 72.5 Å². The summed E-state index contributed by atoms with van der Waals surface area (Å²) in [6.07, 6.45) is 2.01. The van der Waals surface area contributed by atoms with Crippen molar-refractivity contribution in [1.29, 1.82) is 0 Å². The molecule has 27 heavy (non-hydrogen) atoms. The quantitative estimate of drug-likeness (QED) is 0.416. The zero-order valence-electron chi connectivity index (χ0n) is 14.7. The Morgan fingerprint density at radius 3 is 2.70 bits per heavy atom. The molecule has 0 aliphatic carbocycles. The van der Waals surface area contributed by atoms with Gasteiger partial charge in [0.15, 0.2) is 0 Å². The Labute approximate surface area is 170 Å². The van der Waals surface area contributed by atoms with Gasteiger partial charge in [-0.15, -0.1) is 23.1 Å². The molecule has 0 radical (unpaired) electrons. The maximum Gasteiger partial charge on any atom is 0.265 e. The normalized spacial score (nSPS) is 11.1. The van der Waals surface area contributed by atoms with Gasteiger partial charge in [-0.25, -0.2) is 4.68 Å². The highest BCUT2D eigenvalue weighted by Gasteiger charge is 2.17. The number of nitrogens with one attached hydrogen (secondary N) is 1. The molecule has 2 aromatic carbocycles. The largest absolute Gasteiger partial charge is 0.321 e. The minimum absolute atomic E-state index is 0.114. The van der Waals surface area contributed by atoms with E-state index in [1.165, 1.54) is 11.3 Å². The lowest BCUT2D eigenvalue weighted by atomic mass is 10.3. The van der Waals surface area contributed by atoms with Crippen LogP contribution in [0, 0.1) is 6.92 Å². The van der Waals surface area contributed by atoms with Crippen molar-refractivity contribution in [3.05, 3.63) is 70.2 Å². The summed E-state index contributed by atoms with van der Waals surface area (Å²) >= 11 is 9.06. The Hall–Kier alpha value is -2.28. The van der Waals surface area contributed by atoms with Gasteiger partial charge in [0, 0.05) is 21.0 Å². The summed E-state index contributed by atoms with van der Waals surface area (Å²) < 4.78 is 1.86. The number of aryl methyl sites for hydroxylation is 1. The number of aromatic nitrogens is 2. The van der Waals surface area contributed by atoms with Crippen LogP contribution in [-0.2, 0) is 0 Å². The Morgan fingerprint density at radius 2 is 1.96 bits per heavy atom. The molecule has 2 aromatic heterocycles. The minimum atomic E-state index is -0.114. The lowest BCUT2D eigenvalue weighted by molar-refractivity contribution is 0.103. The van der Waals surface area contributed by atoms with Gasteiger partial charge in [0.1, 0.15) is 4.83 Å². The van der Waals surface area contributed by atoms with Crippen molar-refractivity contribution < 1.29 is 4.79 Å². The number of fused-ring (bicyclic) bond motifs is 1. The van der Waals surface area contributed by atoms with Gasteiger partial charge in [0.2, 0.25) is 0 Å². The van der Waals surface area contributed by atoms with Crippen molar-refractivity contribution in [1.82, 2.24) is 9.78 Å². The zero-order chi connectivity index (χ0) is 19.0. The van der Waals surface area contributed by atoms with Gasteiger partial charge in [-0.3, -0.25) is 4.79 Å². The van der Waals surface area contributed by atoms with E-state index < -0.39 is 0 Å². The average molecular weight is 414 g/mol. The molecule has 0 saturated heterocycles. The molecule has 0 aliphatic heterocycles. The Morgan fingerprint density at radius 1 is 1.19 bits per heavy atom. The second-order valence-electron chi connectivity index (χ2n) is 5.99. The van der Waals surface area contributed by atoms with Crippen LogP contribution in [0.1, 0.15) is 15.4 Å². The number of anilines is 1. The lowest BCUT2D eigenvalue weighted by Crippen LogP contribution is -2.10. The molecule has 4 aromatic rings. The van der Waals surface area contributed by atoms with E-state index in [-0.39, 0.29) is 5.91 Å². The minimum Gasteiger partial charge on any atom is -0.321 e. The van der Waals surface area contributed by atoms with E-state index in [9.17, 15) is 4.79 Å². The van der Waals surface area contributed by atoms with Gasteiger partial charge in [-0.2, -0.15) is 5.10 Å². The molecule has 7 heteroatoms. The summed E-state index contributed by atoms with van der Waals surface area (Å²) in [7, 11) is 0. The predicted octanol–water partition coefficient (Wildman–Crippen LogP) is 6.02. The molecule has 2 heterocycles. The number of carbonyl (C=O) groups excluding carboxylic acids is 1. The molecule has 0 fully saturated rings. The first-order valence-corrected chi connectivity index (χ1v) is 10.7. The number of carbonyl (C=O) groups is 1. The topological polar surface area (TPSA) is 46.9 Å². The first-order valence-electron chi connectivity index (χ1n) is 8.25. The number of nitrogens with zero attached hydrogens (tertiary/aromatic N) is 2. The maximum atomic E-state index is 12.7. The van der Waals surface area contributed by atoms with E-state index in [0.29, 0.717) is 9.90 Å². The third-order valence-electron chi connectivity index (χ3n) is 4.17. The molecule has 0 bridgehead atoms. The van der Waals surface area contributed by atoms with Crippen molar-refractivity contribution in [2.45, 2.75) is 11.8 Å². The summed E-state index contributed by atoms with van der Waals surface area (Å²) in [6.45, 7) is 1.95. The molecule has 0 saturated carbocycles. The number of thioether (sulfide) groups is 1. The molecule has 0 atom stereocenters. The summed E-state index contributed by atoms with van der Waals surface area (Å²) in [6, 6.07) is 17.2. The summed E-state index contributed by atoms with van der Waals surface area (Å²) in [5, 5.41) is 9.25. The summed E-state index contributed by atoms with van der Waals surface area (Å²) in [5.74, 6) is -0.114. The standard InChI is InChI=1S/C20H16ClN3OS2/c1-12-17-11-18(19(25)22-14-4-3-5-16(10-14)26-2)27-20(17)24(23-12)15-8-6-13(21)7-9-15/h3-11H,1-2H3,(H,22,25). The van der Waals surface area contributed by atoms with E-state index in [2.05, 4.69) is 10.4 Å². The highest BCUT2D eigenvalue weighted by Crippen LogP contribution is 2.31. The van der Waals surface area contributed by atoms with Crippen LogP contribution in [-0.4, -0.2) is 21.9 Å². The SMILES string of the molecule is CSc1cccc(NC(=O)c2cc3c(C)nn(-c4ccc(Cl)cc4)c3s2)c1. The van der Waals surface area contributed by atoms with E-state index in [1.54, 1.807) is 11.8 Å². The number of thiophene rings is 1. The second-order valence-corrected chi connectivity index (χ2v) is 8.34. The first-order chi connectivity index (χ1) is 13.0. The molecule has 0 spiro atoms. The van der Waals surface area contributed by atoms with Gasteiger partial charge in [-0.1, -0.05) is 17.7 Å². The smallest absolute Gasteiger partial charge is 0.265 e. The molecule has 0 aliphatic rings. The number of amides is 1. The molecular formula is C20H16ClN3OS2. The van der Waals surface area contributed by atoms with Crippen LogP contribution in [0.2, 0.25) is 5.02 Å². The monoisotopic (exact) mass is 413 g/mol. The molecule has 1 N–H and O–H groups in total. The number of hydrogen-bond donors (Lipinski definition) is 1. The number of hydrogen-bond acceptors (Lipinski definition) is 4. The van der Waals surface area contributed by atoms with Gasteiger partial charge in [0.05, 0.1) is 16.3 Å². The van der Waals surface area contributed by atoms with Crippen molar-refractivity contribution in [2.24, 2.45) is 0 Å². The van der Waals surface area contributed by atoms with E-state index in [4.69, 9.17) is 11.6 Å². The number of rotatable bonds is 4. The highest BCUT2D eigenvalue weighted by molar-refractivity contribution is 7.98. The van der Waals surface area contributed by atoms with Crippen molar-refractivity contribution >= 4 is 56.5 Å². The summed E-state index contributed by atoms with van der Waals surface area (Å²) in [4.78, 5) is 15.4. The molecule has 136 valence electrons. The van der Waals surface area contributed by atoms with Gasteiger partial charge >= 0.3 is 0 Å². The van der Waals surface area contributed by atoms with Crippen LogP contribution >= 0.6 is 34.7 Å². The fraction of sp³-hybridized carbons (Fsp3) is 0.100. The third kappa shape index (κ3) is 3.60. The Kier molecular flexibility index (Phi) is 4.95. The van der Waals surface area contributed by atoms with Crippen LogP contribution in [0.4, 0.5) is 5.69 Å². The molecule has 4 rings (SSSR count). The van der Waals surface area contributed by atoms with Crippen molar-refractivity contribution in [3.8, 4) is 5.69 Å². The van der Waals surface area contributed by atoms with Gasteiger partial charge in [0.25, 0.3) is 5.91 Å². The Bertz CT molecular complexity index is 1130. The molecular weight excluding hydrogens is 398 g/mol. The molecule has 0 unspecified atom stereocenters. The highest BCUT2D eigenvalue weighted by atomic mass is 35.5. The van der Waals surface area contributed by atoms with Crippen molar-refractivity contribution in [3.63, 3.8) is 0 Å².